The zero-order valence-electron chi connectivity index (χ0n) is 12.7. The number of hydrogen-bond donors (Lipinski definition) is 3. The van der Waals surface area contributed by atoms with E-state index in [1.54, 1.807) is 0 Å². The minimum absolute atomic E-state index is 0.0824. The van der Waals surface area contributed by atoms with Crippen LogP contribution in [0.5, 0.6) is 0 Å². The largest absolute Gasteiger partial charge is 0.396 e. The molecule has 0 aliphatic heterocycles. The molecule has 116 valence electrons. The number of carbonyl (C=O) groups excluding carboxylic acids is 1. The Hall–Kier alpha value is -0.810. The van der Waals surface area contributed by atoms with E-state index in [4.69, 9.17) is 9.84 Å². The van der Waals surface area contributed by atoms with Crippen LogP contribution in [0, 0.1) is 11.3 Å². The number of urea groups is 1. The van der Waals surface area contributed by atoms with Crippen molar-refractivity contribution in [2.24, 2.45) is 11.3 Å². The van der Waals surface area contributed by atoms with Crippen LogP contribution in [-0.4, -0.2) is 43.0 Å². The van der Waals surface area contributed by atoms with E-state index in [1.807, 2.05) is 13.8 Å². The van der Waals surface area contributed by atoms with Crippen molar-refractivity contribution in [3.05, 3.63) is 0 Å². The molecule has 20 heavy (non-hydrogen) atoms. The first-order valence-corrected chi connectivity index (χ1v) is 7.89. The Bertz CT molecular complexity index is 331. The van der Waals surface area contributed by atoms with E-state index in [-0.39, 0.29) is 24.1 Å². The third kappa shape index (κ3) is 3.09. The summed E-state index contributed by atoms with van der Waals surface area (Å²) in [4.78, 5) is 11.9. The van der Waals surface area contributed by atoms with Crippen LogP contribution < -0.4 is 10.6 Å². The Morgan fingerprint density at radius 1 is 1.50 bits per heavy atom. The summed E-state index contributed by atoms with van der Waals surface area (Å²) < 4.78 is 5.78. The summed E-state index contributed by atoms with van der Waals surface area (Å²) in [5.74, 6) is 0.306. The second-order valence-electron chi connectivity index (χ2n) is 6.29. The average Bonchev–Trinajstić information content (AvgIpc) is 2.33. The summed E-state index contributed by atoms with van der Waals surface area (Å²) in [6.07, 6.45) is 5.58. The highest BCUT2D eigenvalue weighted by atomic mass is 16.5. The van der Waals surface area contributed by atoms with Crippen LogP contribution in [-0.2, 0) is 4.74 Å². The maximum atomic E-state index is 11.9. The van der Waals surface area contributed by atoms with Gasteiger partial charge in [0, 0.05) is 31.2 Å². The summed E-state index contributed by atoms with van der Waals surface area (Å²) in [5.41, 5.74) is 0.212. The fraction of sp³-hybridized carbons (Fsp3) is 0.933. The van der Waals surface area contributed by atoms with Crippen LogP contribution >= 0.6 is 0 Å². The molecule has 0 aromatic rings. The quantitative estimate of drug-likeness (QED) is 0.666. The number of amides is 2. The smallest absolute Gasteiger partial charge is 0.315 e. The second-order valence-corrected chi connectivity index (χ2v) is 6.29. The van der Waals surface area contributed by atoms with Gasteiger partial charge in [0.1, 0.15) is 0 Å². The molecule has 0 saturated heterocycles. The Balaban J connectivity index is 1.72. The predicted octanol–water partition coefficient (Wildman–Crippen LogP) is 1.65. The van der Waals surface area contributed by atoms with Gasteiger partial charge in [0.25, 0.3) is 0 Å². The molecule has 2 aliphatic rings. The summed E-state index contributed by atoms with van der Waals surface area (Å²) in [6, 6.07) is 0.182. The van der Waals surface area contributed by atoms with Gasteiger partial charge in [0.15, 0.2) is 0 Å². The van der Waals surface area contributed by atoms with Gasteiger partial charge in [-0.25, -0.2) is 4.79 Å². The van der Waals surface area contributed by atoms with Crippen molar-refractivity contribution in [2.75, 3.05) is 19.8 Å². The molecule has 1 spiro atoms. The molecule has 3 atom stereocenters. The van der Waals surface area contributed by atoms with E-state index < -0.39 is 0 Å². The molecule has 0 aromatic carbocycles. The zero-order valence-corrected chi connectivity index (χ0v) is 12.7. The van der Waals surface area contributed by atoms with Crippen LogP contribution in [0.25, 0.3) is 0 Å². The fourth-order valence-corrected chi connectivity index (χ4v) is 3.44. The molecular formula is C15H28N2O3. The van der Waals surface area contributed by atoms with E-state index in [2.05, 4.69) is 10.6 Å². The molecule has 2 fully saturated rings. The first-order valence-electron chi connectivity index (χ1n) is 7.89. The Labute approximate surface area is 121 Å². The van der Waals surface area contributed by atoms with Gasteiger partial charge in [-0.3, -0.25) is 0 Å². The van der Waals surface area contributed by atoms with Crippen molar-refractivity contribution in [3.8, 4) is 0 Å². The van der Waals surface area contributed by atoms with E-state index in [9.17, 15) is 4.79 Å². The Morgan fingerprint density at radius 2 is 2.25 bits per heavy atom. The van der Waals surface area contributed by atoms with Gasteiger partial charge >= 0.3 is 6.03 Å². The van der Waals surface area contributed by atoms with E-state index in [1.165, 1.54) is 19.3 Å². The van der Waals surface area contributed by atoms with Gasteiger partial charge in [-0.2, -0.15) is 0 Å². The number of rotatable bonds is 7. The zero-order chi connectivity index (χ0) is 14.6. The van der Waals surface area contributed by atoms with Gasteiger partial charge in [0.2, 0.25) is 0 Å². The van der Waals surface area contributed by atoms with Crippen molar-refractivity contribution in [2.45, 2.75) is 58.1 Å². The number of carbonyl (C=O) groups is 1. The lowest BCUT2D eigenvalue weighted by molar-refractivity contribution is -0.169. The number of nitrogens with one attached hydrogen (secondary N) is 2. The van der Waals surface area contributed by atoms with Crippen molar-refractivity contribution in [1.82, 2.24) is 10.6 Å². The normalized spacial score (nSPS) is 28.4. The molecule has 5 heteroatoms. The first kappa shape index (κ1) is 15.6. The van der Waals surface area contributed by atoms with Crippen LogP contribution in [0.3, 0.4) is 0 Å². The second kappa shape index (κ2) is 6.76. The van der Waals surface area contributed by atoms with Crippen molar-refractivity contribution < 1.29 is 14.6 Å². The highest BCUT2D eigenvalue weighted by Crippen LogP contribution is 2.57. The molecule has 0 aromatic heterocycles. The average molecular weight is 284 g/mol. The molecule has 0 heterocycles. The topological polar surface area (TPSA) is 70.6 Å². The van der Waals surface area contributed by atoms with Crippen LogP contribution in [0.4, 0.5) is 4.79 Å². The van der Waals surface area contributed by atoms with Crippen molar-refractivity contribution in [1.29, 1.82) is 0 Å². The molecular weight excluding hydrogens is 256 g/mol. The number of ether oxygens (including phenoxy) is 1. The first-order chi connectivity index (χ1) is 9.62. The van der Waals surface area contributed by atoms with Gasteiger partial charge in [0.05, 0.1) is 6.10 Å². The molecule has 5 nitrogen and oxygen atoms in total. The van der Waals surface area contributed by atoms with Crippen molar-refractivity contribution >= 4 is 6.03 Å². The lowest BCUT2D eigenvalue weighted by Gasteiger charge is -2.60. The molecule has 3 unspecified atom stereocenters. The summed E-state index contributed by atoms with van der Waals surface area (Å²) in [7, 11) is 0. The highest BCUT2D eigenvalue weighted by Gasteiger charge is 2.59. The van der Waals surface area contributed by atoms with Gasteiger partial charge in [-0.1, -0.05) is 13.3 Å². The molecule has 2 amide bonds. The Morgan fingerprint density at radius 3 is 2.80 bits per heavy atom. The Kier molecular flexibility index (Phi) is 5.27. The fourth-order valence-electron chi connectivity index (χ4n) is 3.44. The van der Waals surface area contributed by atoms with E-state index in [0.717, 1.165) is 19.4 Å². The minimum atomic E-state index is -0.0824. The van der Waals surface area contributed by atoms with Crippen LogP contribution in [0.15, 0.2) is 0 Å². The predicted molar refractivity (Wildman–Crippen MR) is 77.5 cm³/mol. The lowest BCUT2D eigenvalue weighted by Crippen LogP contribution is -2.68. The maximum absolute atomic E-state index is 11.9. The summed E-state index contributed by atoms with van der Waals surface area (Å²) >= 11 is 0. The SMILES string of the molecule is CCOC1CC(NC(=O)NCC(C)CCO)C12CCC2. The molecule has 2 rings (SSSR count). The lowest BCUT2D eigenvalue weighted by atomic mass is 9.51. The third-order valence-electron chi connectivity index (χ3n) is 4.98. The molecule has 2 saturated carbocycles. The molecule has 0 radical (unpaired) electrons. The van der Waals surface area contributed by atoms with Crippen LogP contribution in [0.1, 0.15) is 46.0 Å². The maximum Gasteiger partial charge on any atom is 0.315 e. The monoisotopic (exact) mass is 284 g/mol. The molecule has 2 aliphatic carbocycles. The summed E-state index contributed by atoms with van der Waals surface area (Å²) in [5, 5.41) is 14.8. The van der Waals surface area contributed by atoms with Gasteiger partial charge in [-0.15, -0.1) is 0 Å². The van der Waals surface area contributed by atoms with E-state index in [0.29, 0.717) is 18.6 Å². The number of aliphatic hydroxyl groups excluding tert-OH is 1. The number of aliphatic hydroxyl groups is 1. The van der Waals surface area contributed by atoms with Crippen molar-refractivity contribution in [3.63, 3.8) is 0 Å². The summed E-state index contributed by atoms with van der Waals surface area (Å²) in [6.45, 7) is 5.60. The molecule has 0 bridgehead atoms. The third-order valence-corrected chi connectivity index (χ3v) is 4.98. The van der Waals surface area contributed by atoms with Gasteiger partial charge in [-0.05, 0) is 38.5 Å². The highest BCUT2D eigenvalue weighted by molar-refractivity contribution is 5.74. The number of hydrogen-bond acceptors (Lipinski definition) is 3. The standard InChI is InChI=1S/C15H28N2O3/c1-3-20-13-9-12(15(13)6-4-7-15)17-14(19)16-10-11(2)5-8-18/h11-13,18H,3-10H2,1-2H3,(H2,16,17,19). The van der Waals surface area contributed by atoms with E-state index >= 15 is 0 Å². The van der Waals surface area contributed by atoms with Gasteiger partial charge < -0.3 is 20.5 Å². The minimum Gasteiger partial charge on any atom is -0.396 e. The molecule has 3 N–H and O–H groups in total. The van der Waals surface area contributed by atoms with Crippen LogP contribution in [0.2, 0.25) is 0 Å².